The third-order valence-corrected chi connectivity index (χ3v) is 2.41. The van der Waals surface area contributed by atoms with Gasteiger partial charge in [0.1, 0.15) is 0 Å². The second-order valence-electron chi connectivity index (χ2n) is 3.72. The van der Waals surface area contributed by atoms with Crippen molar-refractivity contribution in [3.8, 4) is 6.07 Å². The van der Waals surface area contributed by atoms with Gasteiger partial charge < -0.3 is 15.8 Å². The Hall–Kier alpha value is -1.16. The van der Waals surface area contributed by atoms with Gasteiger partial charge in [-0.3, -0.25) is 9.69 Å². The molecule has 1 aliphatic heterocycles. The highest BCUT2D eigenvalue weighted by atomic mass is 16.5. The van der Waals surface area contributed by atoms with E-state index in [1.807, 2.05) is 11.0 Å². The van der Waals surface area contributed by atoms with Gasteiger partial charge >= 0.3 is 0 Å². The van der Waals surface area contributed by atoms with Crippen LogP contribution < -0.4 is 11.1 Å². The lowest BCUT2D eigenvalue weighted by molar-refractivity contribution is -0.124. The van der Waals surface area contributed by atoms with Gasteiger partial charge in [-0.15, -0.1) is 0 Å². The Balaban J connectivity index is 2.20. The predicted octanol–water partition coefficient (Wildman–Crippen LogP) is -1.32. The van der Waals surface area contributed by atoms with E-state index in [-0.39, 0.29) is 12.0 Å². The zero-order valence-electron chi connectivity index (χ0n) is 9.32. The van der Waals surface area contributed by atoms with Crippen molar-refractivity contribution in [1.29, 1.82) is 5.26 Å². The van der Waals surface area contributed by atoms with E-state index in [9.17, 15) is 4.79 Å². The zero-order valence-corrected chi connectivity index (χ0v) is 9.32. The number of morpholine rings is 1. The fourth-order valence-electron chi connectivity index (χ4n) is 1.58. The van der Waals surface area contributed by atoms with Gasteiger partial charge in [-0.05, 0) is 0 Å². The Morgan fingerprint density at radius 2 is 2.50 bits per heavy atom. The number of hydrogen-bond acceptors (Lipinski definition) is 5. The third kappa shape index (κ3) is 4.57. The average molecular weight is 226 g/mol. The lowest BCUT2D eigenvalue weighted by Crippen LogP contribution is -2.49. The fourth-order valence-corrected chi connectivity index (χ4v) is 1.58. The van der Waals surface area contributed by atoms with E-state index >= 15 is 0 Å². The molecule has 6 nitrogen and oxygen atoms in total. The van der Waals surface area contributed by atoms with Crippen molar-refractivity contribution in [2.45, 2.75) is 12.5 Å². The minimum Gasteiger partial charge on any atom is -0.374 e. The Morgan fingerprint density at radius 3 is 3.19 bits per heavy atom. The first kappa shape index (κ1) is 12.9. The SMILES string of the molecule is N#CCCNC(=O)CN1CCOC(CN)C1. The van der Waals surface area contributed by atoms with Crippen LogP contribution in [-0.2, 0) is 9.53 Å². The second-order valence-corrected chi connectivity index (χ2v) is 3.72. The van der Waals surface area contributed by atoms with E-state index in [2.05, 4.69) is 5.32 Å². The Morgan fingerprint density at radius 1 is 1.69 bits per heavy atom. The van der Waals surface area contributed by atoms with Crippen molar-refractivity contribution in [3.63, 3.8) is 0 Å². The molecule has 0 spiro atoms. The van der Waals surface area contributed by atoms with Crippen LogP contribution in [-0.4, -0.2) is 56.2 Å². The molecule has 1 saturated heterocycles. The van der Waals surface area contributed by atoms with Crippen LogP contribution in [0.1, 0.15) is 6.42 Å². The molecule has 0 aliphatic carbocycles. The normalized spacial score (nSPS) is 21.4. The molecule has 1 amide bonds. The lowest BCUT2D eigenvalue weighted by Gasteiger charge is -2.31. The summed E-state index contributed by atoms with van der Waals surface area (Å²) in [4.78, 5) is 13.5. The fraction of sp³-hybridized carbons (Fsp3) is 0.800. The van der Waals surface area contributed by atoms with Crippen molar-refractivity contribution >= 4 is 5.91 Å². The van der Waals surface area contributed by atoms with Crippen LogP contribution in [0.2, 0.25) is 0 Å². The number of rotatable bonds is 5. The molecule has 6 heteroatoms. The van der Waals surface area contributed by atoms with Crippen molar-refractivity contribution < 1.29 is 9.53 Å². The molecule has 0 aromatic heterocycles. The first-order valence-corrected chi connectivity index (χ1v) is 5.44. The smallest absolute Gasteiger partial charge is 0.234 e. The van der Waals surface area contributed by atoms with Crippen LogP contribution in [0.4, 0.5) is 0 Å². The molecule has 0 radical (unpaired) electrons. The monoisotopic (exact) mass is 226 g/mol. The molecule has 1 aliphatic rings. The maximum atomic E-state index is 11.4. The molecular formula is C10H18N4O2. The number of ether oxygens (including phenoxy) is 1. The van der Waals surface area contributed by atoms with Gasteiger partial charge in [-0.25, -0.2) is 0 Å². The number of carbonyl (C=O) groups is 1. The van der Waals surface area contributed by atoms with E-state index in [4.69, 9.17) is 15.7 Å². The van der Waals surface area contributed by atoms with Gasteiger partial charge in [0, 0.05) is 26.2 Å². The van der Waals surface area contributed by atoms with Crippen LogP contribution in [0.15, 0.2) is 0 Å². The molecule has 16 heavy (non-hydrogen) atoms. The lowest BCUT2D eigenvalue weighted by atomic mass is 10.2. The van der Waals surface area contributed by atoms with Crippen molar-refractivity contribution in [1.82, 2.24) is 10.2 Å². The van der Waals surface area contributed by atoms with Crippen molar-refractivity contribution in [3.05, 3.63) is 0 Å². The van der Waals surface area contributed by atoms with Crippen LogP contribution >= 0.6 is 0 Å². The first-order valence-electron chi connectivity index (χ1n) is 5.44. The molecule has 1 fully saturated rings. The molecule has 0 saturated carbocycles. The summed E-state index contributed by atoms with van der Waals surface area (Å²) >= 11 is 0. The summed E-state index contributed by atoms with van der Waals surface area (Å²) in [6.45, 7) is 3.31. The second kappa shape index (κ2) is 7.17. The highest BCUT2D eigenvalue weighted by Crippen LogP contribution is 2.02. The van der Waals surface area contributed by atoms with Crippen LogP contribution in [0.5, 0.6) is 0 Å². The summed E-state index contributed by atoms with van der Waals surface area (Å²) in [6, 6.07) is 1.98. The number of nitrogens with two attached hydrogens (primary N) is 1. The molecular weight excluding hydrogens is 208 g/mol. The van der Waals surface area contributed by atoms with Crippen LogP contribution in [0, 0.1) is 11.3 Å². The number of carbonyl (C=O) groups excluding carboxylic acids is 1. The first-order chi connectivity index (χ1) is 7.76. The maximum Gasteiger partial charge on any atom is 0.234 e. The summed E-state index contributed by atoms with van der Waals surface area (Å²) in [6.07, 6.45) is 0.376. The zero-order chi connectivity index (χ0) is 11.8. The minimum atomic E-state index is -0.0482. The standard InChI is InChI=1S/C10H18N4O2/c11-2-1-3-13-10(15)8-14-4-5-16-9(6-12)7-14/h9H,1,3-8,12H2,(H,13,15). The molecule has 1 rings (SSSR count). The molecule has 0 bridgehead atoms. The van der Waals surface area contributed by atoms with E-state index in [1.54, 1.807) is 0 Å². The summed E-state index contributed by atoms with van der Waals surface area (Å²) in [5.41, 5.74) is 5.51. The molecule has 1 atom stereocenters. The minimum absolute atomic E-state index is 0.0284. The van der Waals surface area contributed by atoms with Gasteiger partial charge in [0.2, 0.25) is 5.91 Å². The summed E-state index contributed by atoms with van der Waals surface area (Å²) in [7, 11) is 0. The van der Waals surface area contributed by atoms with Crippen LogP contribution in [0.25, 0.3) is 0 Å². The van der Waals surface area contributed by atoms with Crippen molar-refractivity contribution in [2.24, 2.45) is 5.73 Å². The van der Waals surface area contributed by atoms with E-state index in [0.29, 0.717) is 39.2 Å². The number of amides is 1. The quantitative estimate of drug-likeness (QED) is 0.567. The molecule has 1 heterocycles. The Kier molecular flexibility index (Phi) is 5.78. The predicted molar refractivity (Wildman–Crippen MR) is 58.5 cm³/mol. The number of nitrogens with one attached hydrogen (secondary N) is 1. The topological polar surface area (TPSA) is 91.4 Å². The van der Waals surface area contributed by atoms with Gasteiger partial charge in [0.15, 0.2) is 0 Å². The third-order valence-electron chi connectivity index (χ3n) is 2.41. The Bertz CT molecular complexity index is 264. The van der Waals surface area contributed by atoms with E-state index < -0.39 is 0 Å². The molecule has 0 aromatic carbocycles. The van der Waals surface area contributed by atoms with Gasteiger partial charge in [0.05, 0.1) is 31.7 Å². The average Bonchev–Trinajstić information content (AvgIpc) is 2.29. The van der Waals surface area contributed by atoms with Crippen molar-refractivity contribution in [2.75, 3.05) is 39.3 Å². The highest BCUT2D eigenvalue weighted by Gasteiger charge is 2.20. The van der Waals surface area contributed by atoms with Gasteiger partial charge in [0.25, 0.3) is 0 Å². The number of nitrogens with zero attached hydrogens (tertiary/aromatic N) is 2. The van der Waals surface area contributed by atoms with Gasteiger partial charge in [-0.1, -0.05) is 0 Å². The largest absolute Gasteiger partial charge is 0.374 e. The summed E-state index contributed by atoms with van der Waals surface area (Å²) < 4.78 is 5.40. The van der Waals surface area contributed by atoms with Gasteiger partial charge in [-0.2, -0.15) is 5.26 Å². The molecule has 90 valence electrons. The van der Waals surface area contributed by atoms with Crippen LogP contribution in [0.3, 0.4) is 0 Å². The van der Waals surface area contributed by atoms with E-state index in [1.165, 1.54) is 0 Å². The molecule has 1 unspecified atom stereocenters. The summed E-state index contributed by atoms with van der Waals surface area (Å²) in [5.74, 6) is -0.0482. The van der Waals surface area contributed by atoms with E-state index in [0.717, 1.165) is 6.54 Å². The number of nitriles is 1. The highest BCUT2D eigenvalue weighted by molar-refractivity contribution is 5.78. The molecule has 0 aromatic rings. The molecule has 3 N–H and O–H groups in total. The maximum absolute atomic E-state index is 11.4. The summed E-state index contributed by atoms with van der Waals surface area (Å²) in [5, 5.41) is 11.0. The Labute approximate surface area is 95.3 Å². The number of hydrogen-bond donors (Lipinski definition) is 2.